The van der Waals surface area contributed by atoms with Crippen molar-refractivity contribution in [1.82, 2.24) is 0 Å². The van der Waals surface area contributed by atoms with Crippen LogP contribution in [-0.4, -0.2) is 34.8 Å². The summed E-state index contributed by atoms with van der Waals surface area (Å²) < 4.78 is 5.74. The summed E-state index contributed by atoms with van der Waals surface area (Å²) in [5.41, 5.74) is 0.291. The first-order chi connectivity index (χ1) is 10.2. The van der Waals surface area contributed by atoms with Crippen molar-refractivity contribution in [3.8, 4) is 5.75 Å². The quantitative estimate of drug-likeness (QED) is 0.686. The summed E-state index contributed by atoms with van der Waals surface area (Å²) in [4.78, 5) is 12.8. The third-order valence-electron chi connectivity index (χ3n) is 3.84. The van der Waals surface area contributed by atoms with E-state index >= 15 is 0 Å². The van der Waals surface area contributed by atoms with Crippen molar-refractivity contribution in [2.24, 2.45) is 5.92 Å². The van der Waals surface area contributed by atoms with Gasteiger partial charge in [-0.05, 0) is 39.2 Å². The van der Waals surface area contributed by atoms with Crippen molar-refractivity contribution in [3.05, 3.63) is 28.3 Å². The molecule has 6 nitrogen and oxygen atoms in total. The van der Waals surface area contributed by atoms with E-state index in [9.17, 15) is 15.2 Å². The topological polar surface area (TPSA) is 75.8 Å². The van der Waals surface area contributed by atoms with Gasteiger partial charge in [0.15, 0.2) is 5.75 Å². The first kappa shape index (κ1) is 16.5. The number of nitro benzene ring substituents is 1. The lowest BCUT2D eigenvalue weighted by Gasteiger charge is -2.36. The Bertz CT molecular complexity index is 554. The van der Waals surface area contributed by atoms with E-state index in [1.54, 1.807) is 12.1 Å². The van der Waals surface area contributed by atoms with Crippen LogP contribution in [0.15, 0.2) is 18.2 Å². The van der Waals surface area contributed by atoms with Crippen molar-refractivity contribution in [2.75, 3.05) is 18.0 Å². The van der Waals surface area contributed by atoms with Crippen LogP contribution in [0.25, 0.3) is 0 Å². The fourth-order valence-corrected chi connectivity index (χ4v) is 2.55. The van der Waals surface area contributed by atoms with Gasteiger partial charge in [-0.15, -0.1) is 0 Å². The van der Waals surface area contributed by atoms with Gasteiger partial charge >= 0.3 is 5.69 Å². The molecular weight excluding hydrogens is 284 g/mol. The van der Waals surface area contributed by atoms with Crippen LogP contribution in [0.4, 0.5) is 11.4 Å². The minimum absolute atomic E-state index is 0.0374. The van der Waals surface area contributed by atoms with Crippen molar-refractivity contribution in [2.45, 2.75) is 45.8 Å². The molecule has 1 aliphatic heterocycles. The summed E-state index contributed by atoms with van der Waals surface area (Å²) in [7, 11) is 0. The Balaban J connectivity index is 2.30. The number of rotatable bonds is 3. The van der Waals surface area contributed by atoms with Crippen LogP contribution in [0.5, 0.6) is 5.75 Å². The number of benzene rings is 1. The number of nitro groups is 1. The lowest BCUT2D eigenvalue weighted by molar-refractivity contribution is -0.386. The Labute approximate surface area is 130 Å². The van der Waals surface area contributed by atoms with Crippen LogP contribution in [0.3, 0.4) is 0 Å². The fourth-order valence-electron chi connectivity index (χ4n) is 2.55. The van der Waals surface area contributed by atoms with Gasteiger partial charge in [0.25, 0.3) is 0 Å². The van der Waals surface area contributed by atoms with Crippen molar-refractivity contribution < 1.29 is 14.8 Å². The first-order valence-electron chi connectivity index (χ1n) is 7.58. The highest BCUT2D eigenvalue weighted by Gasteiger charge is 2.27. The number of anilines is 1. The largest absolute Gasteiger partial charge is 0.481 e. The molecule has 0 bridgehead atoms. The van der Waals surface area contributed by atoms with E-state index in [1.807, 2.05) is 32.6 Å². The molecule has 2 rings (SSSR count). The van der Waals surface area contributed by atoms with Gasteiger partial charge in [0, 0.05) is 30.9 Å². The maximum atomic E-state index is 11.2. The fraction of sp³-hybridized carbons (Fsp3) is 0.625. The number of aliphatic hydroxyl groups excluding tert-OH is 1. The summed E-state index contributed by atoms with van der Waals surface area (Å²) >= 11 is 0. The molecule has 1 N–H and O–H groups in total. The molecule has 2 unspecified atom stereocenters. The summed E-state index contributed by atoms with van der Waals surface area (Å²) in [6.45, 7) is 8.96. The zero-order valence-corrected chi connectivity index (χ0v) is 13.6. The Hall–Kier alpha value is -1.82. The van der Waals surface area contributed by atoms with Crippen LogP contribution in [-0.2, 0) is 0 Å². The lowest BCUT2D eigenvalue weighted by atomic mass is 9.95. The highest BCUT2D eigenvalue weighted by atomic mass is 16.6. The zero-order valence-electron chi connectivity index (χ0n) is 13.6. The highest BCUT2D eigenvalue weighted by Crippen LogP contribution is 2.35. The molecule has 1 aromatic rings. The van der Waals surface area contributed by atoms with Gasteiger partial charge in [-0.3, -0.25) is 10.1 Å². The number of ether oxygens (including phenoxy) is 1. The van der Waals surface area contributed by atoms with Crippen LogP contribution < -0.4 is 9.64 Å². The number of piperidine rings is 1. The predicted molar refractivity (Wildman–Crippen MR) is 85.5 cm³/mol. The van der Waals surface area contributed by atoms with Crippen molar-refractivity contribution in [3.63, 3.8) is 0 Å². The van der Waals surface area contributed by atoms with Gasteiger partial charge in [0.05, 0.1) is 11.0 Å². The molecule has 6 heteroatoms. The highest BCUT2D eigenvalue weighted by molar-refractivity contribution is 5.59. The average Bonchev–Trinajstić information content (AvgIpc) is 2.39. The molecule has 0 radical (unpaired) electrons. The first-order valence-corrected chi connectivity index (χ1v) is 7.58. The van der Waals surface area contributed by atoms with Gasteiger partial charge < -0.3 is 14.7 Å². The Morgan fingerprint density at radius 1 is 1.41 bits per heavy atom. The van der Waals surface area contributed by atoms with E-state index in [0.717, 1.165) is 18.7 Å². The molecule has 0 saturated carbocycles. The Morgan fingerprint density at radius 2 is 2.09 bits per heavy atom. The molecule has 22 heavy (non-hydrogen) atoms. The van der Waals surface area contributed by atoms with E-state index in [2.05, 4.69) is 0 Å². The van der Waals surface area contributed by atoms with Gasteiger partial charge in [-0.25, -0.2) is 0 Å². The molecule has 0 spiro atoms. The van der Waals surface area contributed by atoms with Crippen LogP contribution in [0, 0.1) is 16.0 Å². The molecular formula is C16H24N2O4. The summed E-state index contributed by atoms with van der Waals surface area (Å²) in [6.07, 6.45) is 0.518. The average molecular weight is 308 g/mol. The number of nitrogens with zero attached hydrogens (tertiary/aromatic N) is 2. The van der Waals surface area contributed by atoms with E-state index < -0.39 is 10.5 Å². The zero-order chi connectivity index (χ0) is 16.5. The number of hydrogen-bond acceptors (Lipinski definition) is 5. The standard InChI is InChI=1S/C16H24N2O4/c1-11-7-8-17(10-14(11)19)12-5-6-13(18(20)21)15(9-12)22-16(2,3)4/h5-6,9,11,14,19H,7-8,10H2,1-4H3. The van der Waals surface area contributed by atoms with Crippen molar-refractivity contribution >= 4 is 11.4 Å². The van der Waals surface area contributed by atoms with Gasteiger partial charge in [0.1, 0.15) is 5.60 Å². The molecule has 1 aromatic carbocycles. The second-order valence-electron chi connectivity index (χ2n) is 6.90. The molecule has 0 aliphatic carbocycles. The monoisotopic (exact) mass is 308 g/mol. The molecule has 122 valence electrons. The molecule has 1 aliphatic rings. The second kappa shape index (κ2) is 6.12. The number of aliphatic hydroxyl groups is 1. The molecule has 2 atom stereocenters. The van der Waals surface area contributed by atoms with E-state index in [-0.39, 0.29) is 23.5 Å². The van der Waals surface area contributed by atoms with E-state index in [0.29, 0.717) is 6.54 Å². The summed E-state index contributed by atoms with van der Waals surface area (Å²) in [5.74, 6) is 0.544. The minimum atomic E-state index is -0.515. The molecule has 0 amide bonds. The van der Waals surface area contributed by atoms with Gasteiger partial charge in [0.2, 0.25) is 0 Å². The number of β-amino-alcohol motifs (C(OH)–C–C–N with tert-alkyl or cyclic N) is 1. The van der Waals surface area contributed by atoms with Gasteiger partial charge in [-0.2, -0.15) is 0 Å². The predicted octanol–water partition coefficient (Wildman–Crippen LogP) is 2.98. The third-order valence-corrected chi connectivity index (χ3v) is 3.84. The minimum Gasteiger partial charge on any atom is -0.481 e. The molecule has 1 heterocycles. The van der Waals surface area contributed by atoms with Crippen LogP contribution in [0.1, 0.15) is 34.1 Å². The molecule has 0 aromatic heterocycles. The lowest BCUT2D eigenvalue weighted by Crippen LogP contribution is -2.42. The Morgan fingerprint density at radius 3 is 2.64 bits per heavy atom. The number of hydrogen-bond donors (Lipinski definition) is 1. The SMILES string of the molecule is CC1CCN(c2ccc([N+](=O)[O-])c(OC(C)(C)C)c2)CC1O. The second-order valence-corrected chi connectivity index (χ2v) is 6.90. The third kappa shape index (κ3) is 3.88. The Kier molecular flexibility index (Phi) is 4.60. The summed E-state index contributed by atoms with van der Waals surface area (Å²) in [5, 5.41) is 21.2. The molecule has 1 fully saturated rings. The van der Waals surface area contributed by atoms with E-state index in [4.69, 9.17) is 4.74 Å². The van der Waals surface area contributed by atoms with Crippen LogP contribution >= 0.6 is 0 Å². The maximum absolute atomic E-state index is 11.2. The molecule has 1 saturated heterocycles. The van der Waals surface area contributed by atoms with Crippen molar-refractivity contribution in [1.29, 1.82) is 0 Å². The van der Waals surface area contributed by atoms with Gasteiger partial charge in [-0.1, -0.05) is 6.92 Å². The van der Waals surface area contributed by atoms with E-state index in [1.165, 1.54) is 6.07 Å². The summed E-state index contributed by atoms with van der Waals surface area (Å²) in [6, 6.07) is 4.89. The van der Waals surface area contributed by atoms with Crippen LogP contribution in [0.2, 0.25) is 0 Å². The normalized spacial score (nSPS) is 22.5. The maximum Gasteiger partial charge on any atom is 0.311 e. The smallest absolute Gasteiger partial charge is 0.311 e.